The van der Waals surface area contributed by atoms with Crippen LogP contribution >= 0.6 is 0 Å². The van der Waals surface area contributed by atoms with Crippen LogP contribution in [0.25, 0.3) is 0 Å². The van der Waals surface area contributed by atoms with Crippen LogP contribution in [0.15, 0.2) is 0 Å². The van der Waals surface area contributed by atoms with Gasteiger partial charge in [-0.05, 0) is 49.9 Å². The van der Waals surface area contributed by atoms with Gasteiger partial charge in [-0.1, -0.05) is 27.7 Å². The van der Waals surface area contributed by atoms with Crippen molar-refractivity contribution in [3.05, 3.63) is 0 Å². The largest absolute Gasteiger partial charge is 0.393 e. The fraction of sp³-hybridized carbons (Fsp3) is 1.00. The molecule has 5 heteroatoms. The van der Waals surface area contributed by atoms with E-state index in [-0.39, 0.29) is 18.1 Å². The predicted octanol–water partition coefficient (Wildman–Crippen LogP) is 3.64. The molecule has 2 bridgehead atoms. The zero-order valence-corrected chi connectivity index (χ0v) is 16.2. The average Bonchev–Trinajstić information content (AvgIpc) is 2.78. The first kappa shape index (κ1) is 18.2. The Hall–Kier alpha value is -0.200. The summed E-state index contributed by atoms with van der Waals surface area (Å²) in [5, 5.41) is 10.4. The van der Waals surface area contributed by atoms with Crippen molar-refractivity contribution >= 4 is 0 Å². The Morgan fingerprint density at radius 3 is 2.56 bits per heavy atom. The molecule has 1 saturated carbocycles. The van der Waals surface area contributed by atoms with Gasteiger partial charge in [-0.2, -0.15) is 0 Å². The van der Waals surface area contributed by atoms with Crippen LogP contribution in [0, 0.1) is 29.6 Å². The van der Waals surface area contributed by atoms with Crippen LogP contribution in [0.5, 0.6) is 0 Å². The van der Waals surface area contributed by atoms with Crippen LogP contribution < -0.4 is 0 Å². The first-order valence-electron chi connectivity index (χ1n) is 10.1. The molecule has 144 valence electrons. The van der Waals surface area contributed by atoms with Crippen molar-refractivity contribution in [2.24, 2.45) is 29.6 Å². The summed E-state index contributed by atoms with van der Waals surface area (Å²) in [4.78, 5) is 12.0. The summed E-state index contributed by atoms with van der Waals surface area (Å²) in [6.07, 6.45) is 4.12. The number of aliphatic hydroxyl groups excluding tert-OH is 1. The minimum Gasteiger partial charge on any atom is -0.393 e. The molecule has 0 radical (unpaired) electrons. The molecular formula is C20H34O5. The van der Waals surface area contributed by atoms with Crippen LogP contribution in [0.4, 0.5) is 0 Å². The van der Waals surface area contributed by atoms with Gasteiger partial charge in [-0.25, -0.2) is 9.78 Å². The normalized spacial score (nSPS) is 53.4. The van der Waals surface area contributed by atoms with E-state index in [4.69, 9.17) is 19.2 Å². The number of fused-ring (bicyclic) bond motifs is 2. The highest BCUT2D eigenvalue weighted by molar-refractivity contribution is 5.09. The fourth-order valence-electron chi connectivity index (χ4n) is 5.76. The van der Waals surface area contributed by atoms with Crippen molar-refractivity contribution in [2.75, 3.05) is 0 Å². The summed E-state index contributed by atoms with van der Waals surface area (Å²) in [5.41, 5.74) is -0.494. The minimum absolute atomic E-state index is 0.00127. The fourth-order valence-corrected chi connectivity index (χ4v) is 5.76. The number of hydrogen-bond donors (Lipinski definition) is 1. The van der Waals surface area contributed by atoms with Gasteiger partial charge in [0, 0.05) is 18.8 Å². The van der Waals surface area contributed by atoms with Gasteiger partial charge < -0.3 is 14.6 Å². The zero-order chi connectivity index (χ0) is 18.0. The highest BCUT2D eigenvalue weighted by atomic mass is 17.3. The molecule has 25 heavy (non-hydrogen) atoms. The molecule has 1 N–H and O–H groups in total. The molecule has 0 aromatic carbocycles. The van der Waals surface area contributed by atoms with E-state index < -0.39 is 17.7 Å². The van der Waals surface area contributed by atoms with Crippen molar-refractivity contribution in [3.8, 4) is 0 Å². The molecule has 0 unspecified atom stereocenters. The van der Waals surface area contributed by atoms with Crippen LogP contribution in [0.2, 0.25) is 0 Å². The summed E-state index contributed by atoms with van der Waals surface area (Å²) >= 11 is 0. The molecule has 4 aliphatic heterocycles. The highest BCUT2D eigenvalue weighted by Gasteiger charge is 2.69. The second-order valence-electron chi connectivity index (χ2n) is 9.49. The zero-order valence-electron chi connectivity index (χ0n) is 16.2. The minimum atomic E-state index is -0.723. The van der Waals surface area contributed by atoms with E-state index >= 15 is 0 Å². The standard InChI is InChI=1S/C20H34O5/c1-11(2)16(21)10-17-13(4)15-7-6-12(3)14-8-9-19(5)23-18(22-17)20(14,15)25-24-19/h11-18,21H,6-10H2,1-5H3/t12-,13-,14+,15+,16-,17-,18-,19-,20-/m1/s1. The van der Waals surface area contributed by atoms with E-state index in [1.54, 1.807) is 0 Å². The third kappa shape index (κ3) is 2.69. The van der Waals surface area contributed by atoms with E-state index in [9.17, 15) is 5.11 Å². The van der Waals surface area contributed by atoms with Crippen LogP contribution in [-0.2, 0) is 19.2 Å². The number of hydrogen-bond acceptors (Lipinski definition) is 5. The summed E-state index contributed by atoms with van der Waals surface area (Å²) in [5.74, 6) is 1.15. The Morgan fingerprint density at radius 1 is 1.08 bits per heavy atom. The molecule has 1 aliphatic carbocycles. The van der Waals surface area contributed by atoms with E-state index in [2.05, 4.69) is 27.7 Å². The summed E-state index contributed by atoms with van der Waals surface area (Å²) < 4.78 is 12.8. The average molecular weight is 354 g/mol. The van der Waals surface area contributed by atoms with Gasteiger partial charge in [0.25, 0.3) is 0 Å². The molecular weight excluding hydrogens is 320 g/mol. The van der Waals surface area contributed by atoms with Gasteiger partial charge in [0.1, 0.15) is 0 Å². The summed E-state index contributed by atoms with van der Waals surface area (Å²) in [6.45, 7) is 10.6. The smallest absolute Gasteiger partial charge is 0.201 e. The SMILES string of the molecule is CC(C)[C@H](O)C[C@H]1O[C@@H]2O[C@@]3(C)CC[C@H]4[C@H](C)CC[C@@H]([C@H]1C)[C@@]24OO3. The first-order valence-corrected chi connectivity index (χ1v) is 10.1. The maximum atomic E-state index is 10.4. The lowest BCUT2D eigenvalue weighted by atomic mass is 9.57. The van der Waals surface area contributed by atoms with E-state index in [1.165, 1.54) is 6.42 Å². The maximum absolute atomic E-state index is 10.4. The molecule has 5 aliphatic rings. The lowest BCUT2D eigenvalue weighted by Gasteiger charge is -2.60. The number of aliphatic hydroxyl groups is 1. The number of ether oxygens (including phenoxy) is 2. The number of rotatable bonds is 3. The lowest BCUT2D eigenvalue weighted by molar-refractivity contribution is -0.571. The Balaban J connectivity index is 1.67. The molecule has 0 aromatic rings. The lowest BCUT2D eigenvalue weighted by Crippen LogP contribution is -2.70. The molecule has 4 saturated heterocycles. The maximum Gasteiger partial charge on any atom is 0.201 e. The molecule has 0 aromatic heterocycles. The van der Waals surface area contributed by atoms with Crippen LogP contribution in [0.3, 0.4) is 0 Å². The summed E-state index contributed by atoms with van der Waals surface area (Å²) in [6, 6.07) is 0. The highest BCUT2D eigenvalue weighted by Crippen LogP contribution is 2.60. The molecule has 9 atom stereocenters. The molecule has 0 amide bonds. The quantitative estimate of drug-likeness (QED) is 0.784. The van der Waals surface area contributed by atoms with Crippen molar-refractivity contribution in [2.45, 2.75) is 96.6 Å². The third-order valence-electron chi connectivity index (χ3n) is 7.54. The molecule has 5 rings (SSSR count). The van der Waals surface area contributed by atoms with Crippen molar-refractivity contribution in [1.29, 1.82) is 0 Å². The van der Waals surface area contributed by atoms with Gasteiger partial charge in [-0.3, -0.25) is 0 Å². The second-order valence-corrected chi connectivity index (χ2v) is 9.49. The Bertz CT molecular complexity index is 510. The van der Waals surface area contributed by atoms with Gasteiger partial charge in [0.15, 0.2) is 11.9 Å². The van der Waals surface area contributed by atoms with Crippen LogP contribution in [-0.4, -0.2) is 35.0 Å². The first-order chi connectivity index (χ1) is 11.8. The molecule has 1 spiro atoms. The van der Waals surface area contributed by atoms with Gasteiger partial charge >= 0.3 is 0 Å². The van der Waals surface area contributed by atoms with Gasteiger partial charge in [-0.15, -0.1) is 0 Å². The van der Waals surface area contributed by atoms with Crippen molar-refractivity contribution in [3.63, 3.8) is 0 Å². The molecule has 5 nitrogen and oxygen atoms in total. The molecule has 5 fully saturated rings. The van der Waals surface area contributed by atoms with E-state index in [1.807, 2.05) is 6.92 Å². The van der Waals surface area contributed by atoms with Gasteiger partial charge in [0.05, 0.1) is 12.2 Å². The van der Waals surface area contributed by atoms with E-state index in [0.717, 1.165) is 19.3 Å². The van der Waals surface area contributed by atoms with Gasteiger partial charge in [0.2, 0.25) is 5.79 Å². The summed E-state index contributed by atoms with van der Waals surface area (Å²) in [7, 11) is 0. The van der Waals surface area contributed by atoms with Crippen LogP contribution in [0.1, 0.15) is 66.7 Å². The van der Waals surface area contributed by atoms with Crippen molar-refractivity contribution < 1.29 is 24.4 Å². The Kier molecular flexibility index (Phi) is 4.48. The predicted molar refractivity (Wildman–Crippen MR) is 92.3 cm³/mol. The Morgan fingerprint density at radius 2 is 1.84 bits per heavy atom. The van der Waals surface area contributed by atoms with Crippen molar-refractivity contribution in [1.82, 2.24) is 0 Å². The Labute approximate surface area is 151 Å². The monoisotopic (exact) mass is 354 g/mol. The van der Waals surface area contributed by atoms with E-state index in [0.29, 0.717) is 30.1 Å². The third-order valence-corrected chi connectivity index (χ3v) is 7.54. The second kappa shape index (κ2) is 6.16. The molecule has 4 heterocycles. The topological polar surface area (TPSA) is 57.2 Å².